The van der Waals surface area contributed by atoms with Gasteiger partial charge in [-0.15, -0.1) is 0 Å². The highest BCUT2D eigenvalue weighted by Gasteiger charge is 2.55. The molecule has 4 rings (SSSR count). The summed E-state index contributed by atoms with van der Waals surface area (Å²) in [5, 5.41) is 35.2. The van der Waals surface area contributed by atoms with Crippen LogP contribution >= 0.6 is 0 Å². The summed E-state index contributed by atoms with van der Waals surface area (Å²) in [6, 6.07) is 3.80. The average molecular weight is 333 g/mol. The highest BCUT2D eigenvalue weighted by Crippen LogP contribution is 2.57. The average Bonchev–Trinajstić information content (AvgIpc) is 2.55. The molecule has 0 spiro atoms. The Morgan fingerprint density at radius 2 is 2.00 bits per heavy atom. The third-order valence-electron chi connectivity index (χ3n) is 5.83. The quantitative estimate of drug-likeness (QED) is 0.633. The van der Waals surface area contributed by atoms with Crippen molar-refractivity contribution in [2.24, 2.45) is 0 Å². The van der Waals surface area contributed by atoms with Crippen molar-refractivity contribution in [3.8, 4) is 11.5 Å². The van der Waals surface area contributed by atoms with Crippen LogP contribution in [-0.2, 0) is 16.6 Å². The van der Waals surface area contributed by atoms with Gasteiger partial charge in [-0.05, 0) is 43.0 Å². The molecule has 2 bridgehead atoms. The number of nitrogens with one attached hydrogen (secondary N) is 1. The largest absolute Gasteiger partial charge is 0.504 e. The van der Waals surface area contributed by atoms with Crippen LogP contribution in [0.15, 0.2) is 23.5 Å². The van der Waals surface area contributed by atoms with Crippen molar-refractivity contribution in [1.29, 1.82) is 0 Å². The molecule has 1 fully saturated rings. The molecule has 2 aliphatic carbocycles. The van der Waals surface area contributed by atoms with Crippen molar-refractivity contribution in [3.05, 3.63) is 34.6 Å². The first-order valence-corrected chi connectivity index (χ1v) is 8.31. The van der Waals surface area contributed by atoms with Crippen LogP contribution in [0.25, 0.3) is 0 Å². The predicted octanol–water partition coefficient (Wildman–Crippen LogP) is 0.583. The van der Waals surface area contributed by atoms with E-state index in [0.29, 0.717) is 24.4 Å². The van der Waals surface area contributed by atoms with Crippen molar-refractivity contribution in [1.82, 2.24) is 5.32 Å². The van der Waals surface area contributed by atoms with Crippen LogP contribution in [0.2, 0.25) is 0 Å². The first-order chi connectivity index (χ1) is 11.5. The van der Waals surface area contributed by atoms with Gasteiger partial charge in [0.1, 0.15) is 11.9 Å². The molecule has 0 unspecified atom stereocenters. The molecular formula is C18H23NO5. The number of rotatable bonds is 2. The Morgan fingerprint density at radius 3 is 2.71 bits per heavy atom. The second kappa shape index (κ2) is 5.37. The number of benzene rings is 1. The van der Waals surface area contributed by atoms with Crippen LogP contribution in [0, 0.1) is 0 Å². The fraction of sp³-hybridized carbons (Fsp3) is 0.556. The topological polar surface area (TPSA) is 91.2 Å². The summed E-state index contributed by atoms with van der Waals surface area (Å²) < 4.78 is 10.8. The molecule has 1 heterocycles. The van der Waals surface area contributed by atoms with Gasteiger partial charge < -0.3 is 30.1 Å². The lowest BCUT2D eigenvalue weighted by Gasteiger charge is -2.53. The number of hydrogen-bond acceptors (Lipinski definition) is 6. The van der Waals surface area contributed by atoms with E-state index in [-0.39, 0.29) is 11.8 Å². The molecule has 1 aromatic rings. The molecule has 1 aromatic carbocycles. The van der Waals surface area contributed by atoms with Crippen LogP contribution in [0.1, 0.15) is 24.0 Å². The normalized spacial score (nSPS) is 34.4. The molecule has 4 atom stereocenters. The van der Waals surface area contributed by atoms with E-state index < -0.39 is 17.6 Å². The van der Waals surface area contributed by atoms with Gasteiger partial charge in [-0.25, -0.2) is 0 Å². The van der Waals surface area contributed by atoms with Gasteiger partial charge in [-0.1, -0.05) is 6.07 Å². The number of methoxy groups -OCH3 is 2. The molecule has 1 aliphatic heterocycles. The lowest BCUT2D eigenvalue weighted by Crippen LogP contribution is -2.59. The minimum atomic E-state index is -1.03. The Labute approximate surface area is 140 Å². The first kappa shape index (κ1) is 15.7. The van der Waals surface area contributed by atoms with Crippen molar-refractivity contribution in [2.45, 2.75) is 42.9 Å². The first-order valence-electron chi connectivity index (χ1n) is 8.31. The lowest BCUT2D eigenvalue weighted by atomic mass is 9.55. The second-order valence-corrected chi connectivity index (χ2v) is 6.89. The predicted molar refractivity (Wildman–Crippen MR) is 87.1 cm³/mol. The van der Waals surface area contributed by atoms with Crippen molar-refractivity contribution < 1.29 is 24.8 Å². The minimum Gasteiger partial charge on any atom is -0.504 e. The second-order valence-electron chi connectivity index (χ2n) is 6.89. The Hall–Kier alpha value is -1.76. The fourth-order valence-corrected chi connectivity index (χ4v) is 4.92. The number of hydrogen-bond donors (Lipinski definition) is 4. The van der Waals surface area contributed by atoms with E-state index in [1.54, 1.807) is 6.07 Å². The van der Waals surface area contributed by atoms with E-state index in [9.17, 15) is 15.3 Å². The Kier molecular flexibility index (Phi) is 3.53. The van der Waals surface area contributed by atoms with E-state index in [2.05, 4.69) is 5.32 Å². The SMILES string of the molecule is COC1=C2[C@H]3Cc4ccc(OC)c(O)c4[C@@]2(CCN3)C[C@H](O)[C@@H]1O. The van der Waals surface area contributed by atoms with E-state index >= 15 is 0 Å². The van der Waals surface area contributed by atoms with Crippen molar-refractivity contribution >= 4 is 0 Å². The van der Waals surface area contributed by atoms with Crippen LogP contribution in [-0.4, -0.2) is 54.3 Å². The van der Waals surface area contributed by atoms with E-state index in [0.717, 1.165) is 29.7 Å². The molecule has 6 nitrogen and oxygen atoms in total. The third-order valence-corrected chi connectivity index (χ3v) is 5.83. The Morgan fingerprint density at radius 1 is 1.21 bits per heavy atom. The monoisotopic (exact) mass is 333 g/mol. The van der Waals surface area contributed by atoms with Crippen molar-refractivity contribution in [3.63, 3.8) is 0 Å². The van der Waals surface area contributed by atoms with Gasteiger partial charge in [0, 0.05) is 17.0 Å². The zero-order valence-electron chi connectivity index (χ0n) is 13.9. The highest BCUT2D eigenvalue weighted by atomic mass is 16.5. The van der Waals surface area contributed by atoms with Gasteiger partial charge in [0.05, 0.1) is 20.3 Å². The van der Waals surface area contributed by atoms with E-state index in [4.69, 9.17) is 9.47 Å². The maximum Gasteiger partial charge on any atom is 0.162 e. The molecule has 0 amide bonds. The smallest absolute Gasteiger partial charge is 0.162 e. The van der Waals surface area contributed by atoms with Gasteiger partial charge >= 0.3 is 0 Å². The summed E-state index contributed by atoms with van der Waals surface area (Å²) in [5.74, 6) is 0.991. The Balaban J connectivity index is 2.04. The molecule has 3 aliphatic rings. The fourth-order valence-electron chi connectivity index (χ4n) is 4.92. The zero-order valence-corrected chi connectivity index (χ0v) is 13.9. The van der Waals surface area contributed by atoms with Crippen LogP contribution < -0.4 is 10.1 Å². The number of ether oxygens (including phenoxy) is 2. The molecule has 24 heavy (non-hydrogen) atoms. The number of phenols is 1. The molecule has 4 N–H and O–H groups in total. The van der Waals surface area contributed by atoms with Crippen LogP contribution in [0.4, 0.5) is 0 Å². The number of aromatic hydroxyl groups is 1. The van der Waals surface area contributed by atoms with Gasteiger partial charge in [0.25, 0.3) is 0 Å². The number of phenolic OH excluding ortho intramolecular Hbond substituents is 1. The number of aliphatic hydroxyl groups excluding tert-OH is 2. The van der Waals surface area contributed by atoms with E-state index in [1.165, 1.54) is 14.2 Å². The van der Waals surface area contributed by atoms with Gasteiger partial charge in [-0.2, -0.15) is 0 Å². The molecule has 1 saturated heterocycles. The van der Waals surface area contributed by atoms with Crippen LogP contribution in [0.5, 0.6) is 11.5 Å². The molecule has 0 saturated carbocycles. The summed E-state index contributed by atoms with van der Waals surface area (Å²) in [5.41, 5.74) is 2.29. The number of piperidine rings is 1. The third kappa shape index (κ3) is 1.87. The maximum atomic E-state index is 10.8. The molecule has 6 heteroatoms. The maximum absolute atomic E-state index is 10.8. The summed E-state index contributed by atoms with van der Waals surface area (Å²) in [4.78, 5) is 0. The molecule has 130 valence electrons. The summed E-state index contributed by atoms with van der Waals surface area (Å²) in [6.07, 6.45) is -0.167. The summed E-state index contributed by atoms with van der Waals surface area (Å²) in [7, 11) is 3.05. The number of fused-ring (bicyclic) bond motifs is 1. The molecule has 0 aromatic heterocycles. The highest BCUT2D eigenvalue weighted by molar-refractivity contribution is 5.62. The lowest BCUT2D eigenvalue weighted by molar-refractivity contribution is -0.0260. The molecular weight excluding hydrogens is 310 g/mol. The minimum absolute atomic E-state index is 0.0381. The summed E-state index contributed by atoms with van der Waals surface area (Å²) in [6.45, 7) is 0.782. The number of aliphatic hydroxyl groups is 2. The van der Waals surface area contributed by atoms with Crippen molar-refractivity contribution in [2.75, 3.05) is 20.8 Å². The molecule has 0 radical (unpaired) electrons. The Bertz CT molecular complexity index is 716. The van der Waals surface area contributed by atoms with E-state index in [1.807, 2.05) is 6.07 Å². The summed E-state index contributed by atoms with van der Waals surface area (Å²) >= 11 is 0. The zero-order chi connectivity index (χ0) is 17.1. The van der Waals surface area contributed by atoms with Gasteiger partial charge in [0.15, 0.2) is 11.5 Å². The van der Waals surface area contributed by atoms with Gasteiger partial charge in [0.2, 0.25) is 0 Å². The van der Waals surface area contributed by atoms with Gasteiger partial charge in [-0.3, -0.25) is 0 Å². The van der Waals surface area contributed by atoms with Crippen LogP contribution in [0.3, 0.4) is 0 Å². The standard InChI is InChI=1S/C18H23NO5/c1-23-12-4-3-9-7-10-14-17(24-2)15(21)11(20)8-18(14,5-6-19-10)13(9)16(12)22/h3-4,10-11,15,19-22H,5-8H2,1-2H3/t10-,11+,15+,18-/m1/s1.